The van der Waals surface area contributed by atoms with Crippen molar-refractivity contribution in [3.63, 3.8) is 0 Å². The van der Waals surface area contributed by atoms with E-state index in [1.54, 1.807) is 54.6 Å². The third kappa shape index (κ3) is 9.47. The molecule has 48 heavy (non-hydrogen) atoms. The van der Waals surface area contributed by atoms with Crippen LogP contribution >= 0.6 is 0 Å². The summed E-state index contributed by atoms with van der Waals surface area (Å²) in [5.41, 5.74) is 5.09. The van der Waals surface area contributed by atoms with Gasteiger partial charge in [-0.05, 0) is 62.4 Å². The maximum Gasteiger partial charge on any atom is 0.341 e. The van der Waals surface area contributed by atoms with Gasteiger partial charge in [-0.2, -0.15) is 0 Å². The minimum absolute atomic E-state index is 0.0707. The van der Waals surface area contributed by atoms with Gasteiger partial charge in [0.1, 0.15) is 23.0 Å². The standard InChI is InChI=1S/C35H39N5O8/c36-34(47)35(17-6-2-7-18-35)40-32(45)27(16-5-8-19-38-31(44)24-13-9-14-25(21-24)48-22-28(41)42)39-33(46)29-26(15-10-20-37-29)30(43)23-11-3-1-4-12-23/h1,3-4,9-15,20-21,27H,2,5-8,16-19,22H2,(H2,36,47)(H,38,44)(H,39,46)(H,40,45)(H,41,42)/t27-/m0/s1. The number of unbranched alkanes of at least 4 members (excludes halogenated alkanes) is 1. The quantitative estimate of drug-likeness (QED) is 0.113. The number of carboxylic acids is 1. The molecule has 252 valence electrons. The van der Waals surface area contributed by atoms with Crippen molar-refractivity contribution in [2.75, 3.05) is 13.2 Å². The lowest BCUT2D eigenvalue weighted by Gasteiger charge is -2.36. The van der Waals surface area contributed by atoms with Gasteiger partial charge in [0.25, 0.3) is 11.8 Å². The molecule has 0 spiro atoms. The summed E-state index contributed by atoms with van der Waals surface area (Å²) in [6, 6.07) is 16.5. The Labute approximate surface area is 277 Å². The number of nitrogens with zero attached hydrogens (tertiary/aromatic N) is 1. The summed E-state index contributed by atoms with van der Waals surface area (Å²) in [4.78, 5) is 80.6. The molecule has 13 heteroatoms. The first kappa shape index (κ1) is 35.3. The van der Waals surface area contributed by atoms with Gasteiger partial charge in [0.15, 0.2) is 12.4 Å². The van der Waals surface area contributed by atoms with Crippen LogP contribution in [0.5, 0.6) is 5.75 Å². The second kappa shape index (κ2) is 16.8. The van der Waals surface area contributed by atoms with E-state index in [9.17, 15) is 28.8 Å². The molecule has 2 aromatic carbocycles. The van der Waals surface area contributed by atoms with E-state index in [-0.39, 0.29) is 35.5 Å². The molecule has 13 nitrogen and oxygen atoms in total. The van der Waals surface area contributed by atoms with Crippen molar-refractivity contribution in [1.82, 2.24) is 20.9 Å². The molecule has 4 amide bonds. The molecule has 0 saturated heterocycles. The monoisotopic (exact) mass is 657 g/mol. The van der Waals surface area contributed by atoms with E-state index in [0.717, 1.165) is 6.42 Å². The second-order valence-corrected chi connectivity index (χ2v) is 11.6. The number of carbonyl (C=O) groups is 6. The van der Waals surface area contributed by atoms with E-state index in [1.807, 2.05) is 0 Å². The second-order valence-electron chi connectivity index (χ2n) is 11.6. The Morgan fingerprint density at radius 1 is 0.875 bits per heavy atom. The summed E-state index contributed by atoms with van der Waals surface area (Å²) >= 11 is 0. The highest BCUT2D eigenvalue weighted by atomic mass is 16.5. The predicted molar refractivity (Wildman–Crippen MR) is 174 cm³/mol. The van der Waals surface area contributed by atoms with Crippen LogP contribution < -0.4 is 26.4 Å². The zero-order chi connectivity index (χ0) is 34.5. The van der Waals surface area contributed by atoms with Gasteiger partial charge in [-0.25, -0.2) is 4.79 Å². The number of carboxylic acid groups (broad SMARTS) is 1. The third-order valence-electron chi connectivity index (χ3n) is 8.13. The molecule has 1 aliphatic carbocycles. The van der Waals surface area contributed by atoms with Crippen LogP contribution in [-0.2, 0) is 14.4 Å². The van der Waals surface area contributed by atoms with Gasteiger partial charge in [0.2, 0.25) is 11.8 Å². The van der Waals surface area contributed by atoms with Crippen LogP contribution in [0.2, 0.25) is 0 Å². The number of benzene rings is 2. The van der Waals surface area contributed by atoms with Gasteiger partial charge in [-0.15, -0.1) is 0 Å². The molecule has 1 aliphatic rings. The molecule has 1 saturated carbocycles. The molecule has 1 heterocycles. The van der Waals surface area contributed by atoms with Crippen molar-refractivity contribution in [2.24, 2.45) is 5.73 Å². The molecule has 3 aromatic rings. The number of nitrogens with two attached hydrogens (primary N) is 1. The highest BCUT2D eigenvalue weighted by Gasteiger charge is 2.40. The number of pyridine rings is 1. The van der Waals surface area contributed by atoms with Crippen molar-refractivity contribution in [1.29, 1.82) is 0 Å². The molecule has 1 fully saturated rings. The van der Waals surface area contributed by atoms with Gasteiger partial charge in [-0.3, -0.25) is 29.0 Å². The van der Waals surface area contributed by atoms with Gasteiger partial charge in [0, 0.05) is 23.9 Å². The number of aliphatic carboxylic acids is 1. The number of carbonyl (C=O) groups excluding carboxylic acids is 5. The van der Waals surface area contributed by atoms with E-state index >= 15 is 0 Å². The van der Waals surface area contributed by atoms with E-state index in [2.05, 4.69) is 20.9 Å². The number of hydrogen-bond acceptors (Lipinski definition) is 8. The fourth-order valence-corrected chi connectivity index (χ4v) is 5.57. The van der Waals surface area contributed by atoms with Crippen molar-refractivity contribution in [3.8, 4) is 5.75 Å². The minimum atomic E-state index is -1.23. The topological polar surface area (TPSA) is 207 Å². The first-order valence-electron chi connectivity index (χ1n) is 15.8. The average Bonchev–Trinajstić information content (AvgIpc) is 3.10. The van der Waals surface area contributed by atoms with Gasteiger partial charge in [-0.1, -0.05) is 55.7 Å². The van der Waals surface area contributed by atoms with Crippen LogP contribution in [0.1, 0.15) is 88.1 Å². The first-order valence-corrected chi connectivity index (χ1v) is 15.8. The third-order valence-corrected chi connectivity index (χ3v) is 8.13. The van der Waals surface area contributed by atoms with Crippen LogP contribution in [0.15, 0.2) is 72.9 Å². The zero-order valence-corrected chi connectivity index (χ0v) is 26.4. The number of ether oxygens (including phenoxy) is 1. The van der Waals surface area contributed by atoms with Crippen molar-refractivity contribution in [3.05, 3.63) is 95.3 Å². The first-order chi connectivity index (χ1) is 23.1. The van der Waals surface area contributed by atoms with Crippen LogP contribution in [0, 0.1) is 0 Å². The largest absolute Gasteiger partial charge is 0.482 e. The number of primary amides is 1. The molecule has 0 bridgehead atoms. The smallest absolute Gasteiger partial charge is 0.341 e. The van der Waals surface area contributed by atoms with E-state index < -0.39 is 53.6 Å². The SMILES string of the molecule is NC(=O)C1(NC(=O)[C@H](CCCCNC(=O)c2cccc(OCC(=O)O)c2)NC(=O)c2ncccc2C(=O)c2ccccc2)CCCCC1. The number of ketones is 1. The molecule has 4 rings (SSSR count). The minimum Gasteiger partial charge on any atom is -0.482 e. The summed E-state index contributed by atoms with van der Waals surface area (Å²) in [6.07, 6.45) is 5.47. The van der Waals surface area contributed by atoms with E-state index in [0.29, 0.717) is 44.1 Å². The summed E-state index contributed by atoms with van der Waals surface area (Å²) in [7, 11) is 0. The lowest BCUT2D eigenvalue weighted by atomic mass is 9.80. The fourth-order valence-electron chi connectivity index (χ4n) is 5.57. The average molecular weight is 658 g/mol. The molecule has 6 N–H and O–H groups in total. The Morgan fingerprint density at radius 3 is 2.31 bits per heavy atom. The highest BCUT2D eigenvalue weighted by Crippen LogP contribution is 2.28. The van der Waals surface area contributed by atoms with Crippen molar-refractivity contribution >= 4 is 35.4 Å². The van der Waals surface area contributed by atoms with Crippen LogP contribution in [-0.4, -0.2) is 70.2 Å². The van der Waals surface area contributed by atoms with E-state index in [1.165, 1.54) is 18.3 Å². The summed E-state index contributed by atoms with van der Waals surface area (Å²) < 4.78 is 5.13. The molecular formula is C35H39N5O8. The predicted octanol–water partition coefficient (Wildman–Crippen LogP) is 2.78. The number of hydrogen-bond donors (Lipinski definition) is 5. The lowest BCUT2D eigenvalue weighted by molar-refractivity contribution is -0.139. The summed E-state index contributed by atoms with van der Waals surface area (Å²) in [6.45, 7) is -0.301. The Morgan fingerprint density at radius 2 is 1.60 bits per heavy atom. The normalized spacial score (nSPS) is 14.2. The number of amides is 4. The van der Waals surface area contributed by atoms with Crippen LogP contribution in [0.3, 0.4) is 0 Å². The van der Waals surface area contributed by atoms with Crippen LogP contribution in [0.25, 0.3) is 0 Å². The van der Waals surface area contributed by atoms with E-state index in [4.69, 9.17) is 15.6 Å². The molecule has 1 aromatic heterocycles. The Balaban J connectivity index is 1.43. The molecule has 0 unspecified atom stereocenters. The van der Waals surface area contributed by atoms with Gasteiger partial charge in [0.05, 0.1) is 5.56 Å². The molecule has 0 radical (unpaired) electrons. The Hall–Kier alpha value is -5.59. The summed E-state index contributed by atoms with van der Waals surface area (Å²) in [5, 5.41) is 17.1. The van der Waals surface area contributed by atoms with Crippen molar-refractivity contribution in [2.45, 2.75) is 62.9 Å². The highest BCUT2D eigenvalue weighted by molar-refractivity contribution is 6.14. The van der Waals surface area contributed by atoms with Crippen LogP contribution in [0.4, 0.5) is 0 Å². The van der Waals surface area contributed by atoms with Crippen molar-refractivity contribution < 1.29 is 38.6 Å². The number of aromatic nitrogens is 1. The molecular weight excluding hydrogens is 618 g/mol. The molecule has 0 aliphatic heterocycles. The fraction of sp³-hybridized carbons (Fsp3) is 0.343. The molecule has 1 atom stereocenters. The number of nitrogens with one attached hydrogen (secondary N) is 3. The Bertz CT molecular complexity index is 1640. The summed E-state index contributed by atoms with van der Waals surface area (Å²) in [5.74, 6) is -3.66. The lowest BCUT2D eigenvalue weighted by Crippen LogP contribution is -2.62. The maximum absolute atomic E-state index is 13.7. The number of rotatable bonds is 16. The Kier molecular flexibility index (Phi) is 12.4. The van der Waals surface area contributed by atoms with Gasteiger partial charge < -0.3 is 31.5 Å². The maximum atomic E-state index is 13.7. The van der Waals surface area contributed by atoms with Gasteiger partial charge >= 0.3 is 5.97 Å². The zero-order valence-electron chi connectivity index (χ0n) is 26.4.